The Morgan fingerprint density at radius 2 is 2.10 bits per heavy atom. The van der Waals surface area contributed by atoms with Gasteiger partial charge in [0.2, 0.25) is 0 Å². The van der Waals surface area contributed by atoms with Crippen molar-refractivity contribution in [2.24, 2.45) is 0 Å². The van der Waals surface area contributed by atoms with Crippen LogP contribution in [0.1, 0.15) is 5.56 Å². The number of rotatable bonds is 5. The molecule has 0 unspecified atom stereocenters. The van der Waals surface area contributed by atoms with Gasteiger partial charge in [-0.15, -0.1) is 0 Å². The van der Waals surface area contributed by atoms with Crippen molar-refractivity contribution in [2.75, 3.05) is 5.32 Å². The monoisotopic (exact) mass is 352 g/mol. The first-order valence-corrected chi connectivity index (χ1v) is 6.86. The number of carbonyl (C=O) groups excluding carboxylic acids is 1. The molecule has 0 aliphatic carbocycles. The molecule has 0 radical (unpaired) electrons. The maximum atomic E-state index is 11.7. The van der Waals surface area contributed by atoms with Crippen molar-refractivity contribution in [1.82, 2.24) is 15.1 Å². The average molecular weight is 353 g/mol. The van der Waals surface area contributed by atoms with Gasteiger partial charge in [0, 0.05) is 17.2 Å². The zero-order valence-electron chi connectivity index (χ0n) is 10.9. The Kier molecular flexibility index (Phi) is 4.94. The van der Waals surface area contributed by atoms with Crippen molar-refractivity contribution in [2.45, 2.75) is 13.1 Å². The molecular weight excluding hydrogens is 340 g/mol. The molecule has 0 saturated carbocycles. The molecule has 0 bridgehead atoms. The van der Waals surface area contributed by atoms with Crippen molar-refractivity contribution in [3.05, 3.63) is 46.7 Å². The van der Waals surface area contributed by atoms with Crippen LogP contribution in [0.25, 0.3) is 0 Å². The van der Waals surface area contributed by atoms with E-state index in [1.165, 1.54) is 17.1 Å². The number of nitrogens with one attached hydrogen (secondary N) is 2. The Morgan fingerprint density at radius 1 is 1.33 bits per heavy atom. The molecule has 1 heterocycles. The van der Waals surface area contributed by atoms with Crippen molar-refractivity contribution in [3.8, 4) is 0 Å². The smallest absolute Gasteiger partial charge is 0.325 e. The summed E-state index contributed by atoms with van der Waals surface area (Å²) in [6.07, 6.45) is 2.84. The Hall–Kier alpha value is -2.35. The Morgan fingerprint density at radius 3 is 2.81 bits per heavy atom. The summed E-state index contributed by atoms with van der Waals surface area (Å²) in [6, 6.07) is 7.18. The third-order valence-electron chi connectivity index (χ3n) is 2.59. The molecule has 21 heavy (non-hydrogen) atoms. The van der Waals surface area contributed by atoms with Gasteiger partial charge in [0.15, 0.2) is 0 Å². The molecule has 0 fully saturated rings. The quantitative estimate of drug-likeness (QED) is 0.767. The van der Waals surface area contributed by atoms with E-state index in [1.807, 2.05) is 24.3 Å². The van der Waals surface area contributed by atoms with Crippen LogP contribution in [0.4, 0.5) is 10.5 Å². The molecule has 0 atom stereocenters. The van der Waals surface area contributed by atoms with Gasteiger partial charge in [0.1, 0.15) is 6.54 Å². The molecule has 3 N–H and O–H groups in total. The van der Waals surface area contributed by atoms with Crippen molar-refractivity contribution in [3.63, 3.8) is 0 Å². The number of anilines is 1. The molecule has 0 spiro atoms. The van der Waals surface area contributed by atoms with E-state index in [4.69, 9.17) is 5.11 Å². The molecule has 2 aromatic rings. The number of amides is 2. The van der Waals surface area contributed by atoms with Crippen LogP contribution >= 0.6 is 15.9 Å². The van der Waals surface area contributed by atoms with Crippen LogP contribution in [0, 0.1) is 0 Å². The number of carboxylic acids is 1. The largest absolute Gasteiger partial charge is 0.480 e. The second kappa shape index (κ2) is 6.89. The van der Waals surface area contributed by atoms with Crippen molar-refractivity contribution < 1.29 is 14.7 Å². The zero-order valence-corrected chi connectivity index (χ0v) is 12.5. The van der Waals surface area contributed by atoms with Crippen molar-refractivity contribution in [1.29, 1.82) is 0 Å². The van der Waals surface area contributed by atoms with E-state index in [1.54, 1.807) is 0 Å². The van der Waals surface area contributed by atoms with Crippen molar-refractivity contribution >= 4 is 33.6 Å². The van der Waals surface area contributed by atoms with Gasteiger partial charge in [-0.25, -0.2) is 4.79 Å². The lowest BCUT2D eigenvalue weighted by Gasteiger charge is -2.07. The number of aromatic nitrogens is 2. The van der Waals surface area contributed by atoms with Gasteiger partial charge in [-0.3, -0.25) is 9.48 Å². The Balaban J connectivity index is 1.86. The van der Waals surface area contributed by atoms with E-state index in [-0.39, 0.29) is 12.6 Å². The van der Waals surface area contributed by atoms with Gasteiger partial charge in [-0.2, -0.15) is 5.10 Å². The predicted octanol–water partition coefficient (Wildman–Crippen LogP) is 2.05. The third-order valence-corrected chi connectivity index (χ3v) is 3.36. The highest BCUT2D eigenvalue weighted by Crippen LogP contribution is 2.15. The maximum absolute atomic E-state index is 11.7. The minimum absolute atomic E-state index is 0.250. The summed E-state index contributed by atoms with van der Waals surface area (Å²) in [5.74, 6) is -0.997. The summed E-state index contributed by atoms with van der Waals surface area (Å²) in [5.41, 5.74) is 1.38. The summed E-state index contributed by atoms with van der Waals surface area (Å²) < 4.78 is 2.14. The lowest BCUT2D eigenvalue weighted by molar-refractivity contribution is -0.137. The maximum Gasteiger partial charge on any atom is 0.325 e. The number of benzene rings is 1. The van der Waals surface area contributed by atoms with Crippen LogP contribution in [-0.4, -0.2) is 26.9 Å². The van der Waals surface area contributed by atoms with E-state index in [9.17, 15) is 9.59 Å². The minimum Gasteiger partial charge on any atom is -0.480 e. The SMILES string of the molecule is O=C(O)Cn1cc(NC(=O)NCc2ccccc2Br)cn1. The fraction of sp³-hybridized carbons (Fsp3) is 0.154. The molecule has 7 nitrogen and oxygen atoms in total. The number of carboxylic acid groups (broad SMARTS) is 1. The topological polar surface area (TPSA) is 96.2 Å². The van der Waals surface area contributed by atoms with Crippen LogP contribution in [0.2, 0.25) is 0 Å². The van der Waals surface area contributed by atoms with E-state index < -0.39 is 5.97 Å². The lowest BCUT2D eigenvalue weighted by atomic mass is 10.2. The average Bonchev–Trinajstić information content (AvgIpc) is 2.84. The summed E-state index contributed by atoms with van der Waals surface area (Å²) in [5, 5.41) is 17.7. The Labute approximate surface area is 129 Å². The highest BCUT2D eigenvalue weighted by atomic mass is 79.9. The normalized spacial score (nSPS) is 10.1. The van der Waals surface area contributed by atoms with Crippen LogP contribution in [0.15, 0.2) is 41.1 Å². The van der Waals surface area contributed by atoms with Gasteiger partial charge < -0.3 is 15.7 Å². The lowest BCUT2D eigenvalue weighted by Crippen LogP contribution is -2.28. The number of halogens is 1. The second-order valence-corrected chi connectivity index (χ2v) is 5.07. The number of carbonyl (C=O) groups is 2. The number of aliphatic carboxylic acids is 1. The second-order valence-electron chi connectivity index (χ2n) is 4.22. The first kappa shape index (κ1) is 15.0. The van der Waals surface area contributed by atoms with E-state index in [0.717, 1.165) is 10.0 Å². The van der Waals surface area contributed by atoms with Crippen LogP contribution < -0.4 is 10.6 Å². The molecule has 2 amide bonds. The predicted molar refractivity (Wildman–Crippen MR) is 79.9 cm³/mol. The van der Waals surface area contributed by atoms with E-state index in [0.29, 0.717) is 12.2 Å². The number of urea groups is 1. The molecule has 8 heteroatoms. The fourth-order valence-corrected chi connectivity index (χ4v) is 2.07. The van der Waals surface area contributed by atoms with Gasteiger partial charge in [0.25, 0.3) is 0 Å². The number of hydrogen-bond donors (Lipinski definition) is 3. The molecule has 1 aromatic carbocycles. The van der Waals surface area contributed by atoms with E-state index >= 15 is 0 Å². The minimum atomic E-state index is -0.997. The Bertz CT molecular complexity index is 656. The molecule has 1 aromatic heterocycles. The van der Waals surface area contributed by atoms with Gasteiger partial charge in [-0.05, 0) is 11.6 Å². The summed E-state index contributed by atoms with van der Waals surface area (Å²) in [4.78, 5) is 22.3. The molecule has 0 saturated heterocycles. The molecule has 0 aliphatic heterocycles. The van der Waals surface area contributed by atoms with Crippen LogP contribution in [0.3, 0.4) is 0 Å². The van der Waals surface area contributed by atoms with Gasteiger partial charge in [-0.1, -0.05) is 34.1 Å². The first-order chi connectivity index (χ1) is 10.0. The highest BCUT2D eigenvalue weighted by Gasteiger charge is 2.06. The fourth-order valence-electron chi connectivity index (χ4n) is 1.65. The van der Waals surface area contributed by atoms with E-state index in [2.05, 4.69) is 31.7 Å². The molecule has 2 rings (SSSR count). The third kappa shape index (κ3) is 4.60. The number of nitrogens with zero attached hydrogens (tertiary/aromatic N) is 2. The standard InChI is InChI=1S/C13H13BrN4O3/c14-11-4-2-1-3-9(11)5-15-13(21)17-10-6-16-18(7-10)8-12(19)20/h1-4,6-7H,5,8H2,(H,19,20)(H2,15,17,21). The summed E-state index contributed by atoms with van der Waals surface area (Å²) in [6.45, 7) is 0.122. The first-order valence-electron chi connectivity index (χ1n) is 6.07. The summed E-state index contributed by atoms with van der Waals surface area (Å²) in [7, 11) is 0. The van der Waals surface area contributed by atoms with Gasteiger partial charge >= 0.3 is 12.0 Å². The highest BCUT2D eigenvalue weighted by molar-refractivity contribution is 9.10. The number of hydrogen-bond acceptors (Lipinski definition) is 3. The van der Waals surface area contributed by atoms with Gasteiger partial charge in [0.05, 0.1) is 11.9 Å². The van der Waals surface area contributed by atoms with Crippen LogP contribution in [0.5, 0.6) is 0 Å². The molecule has 0 aliphatic rings. The summed E-state index contributed by atoms with van der Waals surface area (Å²) >= 11 is 3.40. The zero-order chi connectivity index (χ0) is 15.2. The van der Waals surface area contributed by atoms with Crippen LogP contribution in [-0.2, 0) is 17.9 Å². The molecular formula is C13H13BrN4O3. The molecule has 110 valence electrons.